The lowest BCUT2D eigenvalue weighted by Gasteiger charge is -2.34. The van der Waals surface area contributed by atoms with E-state index in [1.165, 1.54) is 17.3 Å². The first kappa shape index (κ1) is 16.6. The van der Waals surface area contributed by atoms with Gasteiger partial charge in [0.25, 0.3) is 5.91 Å². The van der Waals surface area contributed by atoms with Crippen LogP contribution in [-0.2, 0) is 12.3 Å². The van der Waals surface area contributed by atoms with Crippen molar-refractivity contribution in [2.45, 2.75) is 12.3 Å². The first-order chi connectivity index (χ1) is 12.5. The van der Waals surface area contributed by atoms with E-state index in [1.54, 1.807) is 60.7 Å². The van der Waals surface area contributed by atoms with Gasteiger partial charge in [-0.2, -0.15) is 4.73 Å². The quantitative estimate of drug-likeness (QED) is 0.572. The molecule has 1 unspecified atom stereocenters. The predicted octanol–water partition coefficient (Wildman–Crippen LogP) is 2.82. The molecule has 0 aliphatic carbocycles. The first-order valence-electron chi connectivity index (χ1n) is 8.08. The van der Waals surface area contributed by atoms with E-state index in [-0.39, 0.29) is 12.5 Å². The number of nitrogens with zero attached hydrogens (tertiary/aromatic N) is 2. The molecule has 0 saturated carbocycles. The molecule has 130 valence electrons. The smallest absolute Gasteiger partial charge is 0.257 e. The monoisotopic (exact) mass is 366 g/mol. The van der Waals surface area contributed by atoms with Crippen LogP contribution < -0.4 is 4.73 Å². The van der Waals surface area contributed by atoms with Crippen LogP contribution in [0.4, 0.5) is 0 Å². The summed E-state index contributed by atoms with van der Waals surface area (Å²) in [6, 6.07) is 17.1. The van der Waals surface area contributed by atoms with Crippen LogP contribution in [0.3, 0.4) is 0 Å². The molecular weight excluding hydrogens is 352 g/mol. The number of rotatable bonds is 3. The molecule has 0 bridgehead atoms. The summed E-state index contributed by atoms with van der Waals surface area (Å²) < 4.78 is 0.671. The van der Waals surface area contributed by atoms with Crippen molar-refractivity contribution >= 4 is 17.5 Å². The number of pyridine rings is 1. The van der Waals surface area contributed by atoms with Gasteiger partial charge in [-0.15, -0.1) is 0 Å². The second-order valence-electron chi connectivity index (χ2n) is 6.19. The van der Waals surface area contributed by atoms with Gasteiger partial charge < -0.3 is 10.3 Å². The van der Waals surface area contributed by atoms with Gasteiger partial charge in [0, 0.05) is 33.3 Å². The first-order valence-corrected chi connectivity index (χ1v) is 8.45. The van der Waals surface area contributed by atoms with E-state index in [4.69, 9.17) is 11.6 Å². The Labute approximate surface area is 155 Å². The highest BCUT2D eigenvalue weighted by Crippen LogP contribution is 2.43. The molecule has 0 fully saturated rings. The van der Waals surface area contributed by atoms with Gasteiger partial charge in [0.1, 0.15) is 0 Å². The predicted molar refractivity (Wildman–Crippen MR) is 96.2 cm³/mol. The van der Waals surface area contributed by atoms with E-state index < -0.39 is 5.72 Å². The highest BCUT2D eigenvalue weighted by atomic mass is 35.5. The van der Waals surface area contributed by atoms with Crippen molar-refractivity contribution < 1.29 is 14.6 Å². The molecule has 2 aromatic carbocycles. The van der Waals surface area contributed by atoms with E-state index in [9.17, 15) is 15.1 Å². The molecule has 1 aliphatic heterocycles. The molecule has 1 aromatic heterocycles. The summed E-state index contributed by atoms with van der Waals surface area (Å²) in [5, 5.41) is 23.8. The van der Waals surface area contributed by atoms with Gasteiger partial charge in [-0.1, -0.05) is 41.9 Å². The molecule has 1 N–H and O–H groups in total. The van der Waals surface area contributed by atoms with Crippen molar-refractivity contribution in [3.8, 4) is 0 Å². The maximum atomic E-state index is 13.0. The van der Waals surface area contributed by atoms with Gasteiger partial charge in [-0.25, -0.2) is 0 Å². The van der Waals surface area contributed by atoms with Crippen LogP contribution in [0, 0.1) is 5.21 Å². The van der Waals surface area contributed by atoms with Crippen LogP contribution in [0.1, 0.15) is 27.0 Å². The second kappa shape index (κ2) is 6.12. The fourth-order valence-corrected chi connectivity index (χ4v) is 3.49. The van der Waals surface area contributed by atoms with E-state index in [0.29, 0.717) is 32.0 Å². The van der Waals surface area contributed by atoms with Gasteiger partial charge in [0.05, 0.1) is 6.54 Å². The molecule has 0 radical (unpaired) electrons. The number of hydrogen-bond donors (Lipinski definition) is 1. The number of halogens is 1. The average Bonchev–Trinajstić information content (AvgIpc) is 2.86. The molecule has 3 aromatic rings. The Bertz CT molecular complexity index is 990. The van der Waals surface area contributed by atoms with Crippen molar-refractivity contribution in [2.75, 3.05) is 0 Å². The molecule has 1 aliphatic rings. The lowest BCUT2D eigenvalue weighted by atomic mass is 9.93. The minimum Gasteiger partial charge on any atom is -0.619 e. The zero-order chi connectivity index (χ0) is 18.3. The number of aromatic nitrogens is 1. The van der Waals surface area contributed by atoms with Crippen LogP contribution in [0.5, 0.6) is 0 Å². The summed E-state index contributed by atoms with van der Waals surface area (Å²) in [5.74, 6) is -0.292. The molecule has 6 heteroatoms. The number of carbonyl (C=O) groups is 1. The zero-order valence-electron chi connectivity index (χ0n) is 13.7. The Hall–Kier alpha value is -2.89. The molecule has 1 atom stereocenters. The van der Waals surface area contributed by atoms with Gasteiger partial charge >= 0.3 is 0 Å². The summed E-state index contributed by atoms with van der Waals surface area (Å²) in [6.07, 6.45) is 2.76. The number of amides is 1. The average molecular weight is 367 g/mol. The Morgan fingerprint density at radius 2 is 1.81 bits per heavy atom. The molecular formula is C20H15ClN2O3. The summed E-state index contributed by atoms with van der Waals surface area (Å²) in [4.78, 5) is 14.4. The van der Waals surface area contributed by atoms with Crippen LogP contribution >= 0.6 is 11.6 Å². The Balaban J connectivity index is 1.86. The zero-order valence-corrected chi connectivity index (χ0v) is 14.4. The number of aliphatic hydroxyl groups is 1. The Morgan fingerprint density at radius 1 is 1.08 bits per heavy atom. The molecule has 2 heterocycles. The molecule has 4 rings (SSSR count). The number of fused-ring (bicyclic) bond motifs is 1. The van der Waals surface area contributed by atoms with Crippen molar-refractivity contribution in [2.24, 2.45) is 0 Å². The summed E-state index contributed by atoms with van der Waals surface area (Å²) >= 11 is 5.98. The highest BCUT2D eigenvalue weighted by Gasteiger charge is 2.49. The molecule has 26 heavy (non-hydrogen) atoms. The summed E-state index contributed by atoms with van der Waals surface area (Å²) in [6.45, 7) is 0.0930. The van der Waals surface area contributed by atoms with Crippen molar-refractivity contribution in [1.29, 1.82) is 0 Å². The van der Waals surface area contributed by atoms with Crippen LogP contribution in [-0.4, -0.2) is 15.9 Å². The lowest BCUT2D eigenvalue weighted by molar-refractivity contribution is -0.605. The highest BCUT2D eigenvalue weighted by molar-refractivity contribution is 6.30. The molecule has 0 saturated heterocycles. The van der Waals surface area contributed by atoms with Gasteiger partial charge in [0.15, 0.2) is 18.1 Å². The minimum absolute atomic E-state index is 0.0930. The summed E-state index contributed by atoms with van der Waals surface area (Å²) in [5.41, 5.74) is 0.471. The van der Waals surface area contributed by atoms with E-state index >= 15 is 0 Å². The number of carbonyl (C=O) groups excluding carboxylic acids is 1. The Kier molecular flexibility index (Phi) is 3.90. The van der Waals surface area contributed by atoms with Crippen LogP contribution in [0.25, 0.3) is 0 Å². The third-order valence-corrected chi connectivity index (χ3v) is 4.84. The fourth-order valence-electron chi connectivity index (χ4n) is 3.37. The maximum absolute atomic E-state index is 13.0. The van der Waals surface area contributed by atoms with Crippen molar-refractivity contribution in [3.63, 3.8) is 0 Å². The number of hydrogen-bond acceptors (Lipinski definition) is 3. The van der Waals surface area contributed by atoms with Crippen molar-refractivity contribution in [1.82, 2.24) is 4.90 Å². The Morgan fingerprint density at radius 3 is 2.54 bits per heavy atom. The molecule has 5 nitrogen and oxygen atoms in total. The van der Waals surface area contributed by atoms with Gasteiger partial charge in [-0.05, 0) is 24.3 Å². The fraction of sp³-hybridized carbons (Fsp3) is 0.100. The van der Waals surface area contributed by atoms with E-state index in [0.717, 1.165) is 0 Å². The standard InChI is InChI=1S/C20H15ClN2O3/c21-16-9-7-15(8-10-16)20(25)18-6-2-1-5-17(18)19(24)23(20)13-14-4-3-11-22(26)12-14/h1-12,25H,13H2. The third kappa shape index (κ3) is 2.53. The van der Waals surface area contributed by atoms with E-state index in [2.05, 4.69) is 0 Å². The lowest BCUT2D eigenvalue weighted by Crippen LogP contribution is -2.44. The largest absolute Gasteiger partial charge is 0.619 e. The molecule has 1 amide bonds. The third-order valence-electron chi connectivity index (χ3n) is 4.59. The minimum atomic E-state index is -1.64. The normalized spacial score (nSPS) is 18.8. The van der Waals surface area contributed by atoms with Gasteiger partial charge in [0.2, 0.25) is 0 Å². The van der Waals surface area contributed by atoms with Crippen LogP contribution in [0.15, 0.2) is 73.1 Å². The van der Waals surface area contributed by atoms with E-state index in [1.807, 2.05) is 0 Å². The second-order valence-corrected chi connectivity index (χ2v) is 6.62. The number of benzene rings is 2. The molecule has 0 spiro atoms. The topological polar surface area (TPSA) is 67.5 Å². The SMILES string of the molecule is O=C1c2ccccc2C(O)(c2ccc(Cl)cc2)N1Cc1ccc[n+]([O-])c1. The summed E-state index contributed by atoms with van der Waals surface area (Å²) in [7, 11) is 0. The maximum Gasteiger partial charge on any atom is 0.257 e. The van der Waals surface area contributed by atoms with Crippen LogP contribution in [0.2, 0.25) is 5.02 Å². The van der Waals surface area contributed by atoms with Crippen molar-refractivity contribution in [3.05, 3.63) is 106 Å². The van der Waals surface area contributed by atoms with Gasteiger partial charge in [-0.3, -0.25) is 9.69 Å².